The average molecular weight is 359 g/mol. The van der Waals surface area contributed by atoms with Gasteiger partial charge < -0.3 is 5.32 Å². The van der Waals surface area contributed by atoms with Gasteiger partial charge >= 0.3 is 0 Å². The summed E-state index contributed by atoms with van der Waals surface area (Å²) in [5.41, 5.74) is 2.87. The van der Waals surface area contributed by atoms with Gasteiger partial charge in [0.05, 0.1) is 27.5 Å². The molecule has 0 amide bonds. The first-order valence-corrected chi connectivity index (χ1v) is 7.36. The summed E-state index contributed by atoms with van der Waals surface area (Å²) in [6, 6.07) is 15.1. The Morgan fingerprint density at radius 3 is 2.81 bits per heavy atom. The van der Waals surface area contributed by atoms with Gasteiger partial charge in [0, 0.05) is 16.1 Å². The van der Waals surface area contributed by atoms with E-state index >= 15 is 0 Å². The number of nitriles is 1. The van der Waals surface area contributed by atoms with Crippen LogP contribution in [0, 0.1) is 11.3 Å². The molecule has 0 aliphatic carbocycles. The third-order valence-electron chi connectivity index (χ3n) is 3.09. The van der Waals surface area contributed by atoms with Crippen LogP contribution in [0.15, 0.2) is 53.1 Å². The zero-order valence-electron chi connectivity index (χ0n) is 10.8. The van der Waals surface area contributed by atoms with Crippen molar-refractivity contribution in [2.45, 2.75) is 0 Å². The molecule has 1 aromatic heterocycles. The highest BCUT2D eigenvalue weighted by Gasteiger charge is 2.08. The number of nitrogens with one attached hydrogen (secondary N) is 1. The number of benzene rings is 2. The number of aromatic nitrogens is 1. The molecule has 0 aliphatic heterocycles. The highest BCUT2D eigenvalue weighted by Crippen LogP contribution is 2.31. The number of fused-ring (bicyclic) bond motifs is 1. The number of anilines is 2. The third kappa shape index (κ3) is 2.71. The number of hydrogen-bond acceptors (Lipinski definition) is 3. The Hall–Kier alpha value is -2.09. The predicted octanol–water partition coefficient (Wildman–Crippen LogP) is 5.27. The lowest BCUT2D eigenvalue weighted by Gasteiger charge is -2.11. The van der Waals surface area contributed by atoms with Gasteiger partial charge in [0.25, 0.3) is 0 Å². The molecule has 0 saturated carbocycles. The SMILES string of the molecule is N#Cc1ccc(Br)cc1Nc1ccc(Cl)c2cccnc12. The fourth-order valence-corrected chi connectivity index (χ4v) is 2.68. The van der Waals surface area contributed by atoms with Gasteiger partial charge in [-0.2, -0.15) is 5.26 Å². The Morgan fingerprint density at radius 1 is 1.14 bits per heavy atom. The zero-order valence-corrected chi connectivity index (χ0v) is 13.1. The standard InChI is InChI=1S/C16H9BrClN3/c17-11-4-3-10(9-19)15(8-11)21-14-6-5-13(18)12-2-1-7-20-16(12)14/h1-8,21H. The molecule has 0 saturated heterocycles. The molecule has 0 atom stereocenters. The highest BCUT2D eigenvalue weighted by molar-refractivity contribution is 9.10. The minimum absolute atomic E-state index is 0.567. The molecule has 102 valence electrons. The van der Waals surface area contributed by atoms with Crippen molar-refractivity contribution < 1.29 is 0 Å². The molecule has 3 aromatic rings. The minimum atomic E-state index is 0.567. The van der Waals surface area contributed by atoms with E-state index in [2.05, 4.69) is 32.3 Å². The van der Waals surface area contributed by atoms with Gasteiger partial charge in [-0.3, -0.25) is 4.98 Å². The lowest BCUT2D eigenvalue weighted by molar-refractivity contribution is 1.40. The number of hydrogen-bond donors (Lipinski definition) is 1. The van der Waals surface area contributed by atoms with Crippen LogP contribution in [0.4, 0.5) is 11.4 Å². The number of rotatable bonds is 2. The van der Waals surface area contributed by atoms with Crippen molar-refractivity contribution in [3.8, 4) is 6.07 Å². The van der Waals surface area contributed by atoms with Crippen molar-refractivity contribution in [2.24, 2.45) is 0 Å². The van der Waals surface area contributed by atoms with Crippen LogP contribution in [0.3, 0.4) is 0 Å². The van der Waals surface area contributed by atoms with Crippen LogP contribution in [0.25, 0.3) is 10.9 Å². The van der Waals surface area contributed by atoms with Gasteiger partial charge in [-0.25, -0.2) is 0 Å². The van der Waals surface area contributed by atoms with E-state index in [1.807, 2.05) is 36.4 Å². The first kappa shape index (κ1) is 13.9. The van der Waals surface area contributed by atoms with Crippen LogP contribution < -0.4 is 5.32 Å². The molecule has 1 heterocycles. The maximum absolute atomic E-state index is 9.20. The Labute approximate surface area is 135 Å². The molecule has 0 radical (unpaired) electrons. The Morgan fingerprint density at radius 2 is 2.00 bits per heavy atom. The van der Waals surface area contributed by atoms with Crippen LogP contribution in [-0.2, 0) is 0 Å². The molecular formula is C16H9BrClN3. The fourth-order valence-electron chi connectivity index (χ4n) is 2.10. The zero-order chi connectivity index (χ0) is 14.8. The molecule has 2 aromatic carbocycles. The van der Waals surface area contributed by atoms with E-state index in [0.717, 1.165) is 26.8 Å². The first-order chi connectivity index (χ1) is 10.2. The van der Waals surface area contributed by atoms with Crippen LogP contribution in [0.5, 0.6) is 0 Å². The predicted molar refractivity (Wildman–Crippen MR) is 88.9 cm³/mol. The van der Waals surface area contributed by atoms with Gasteiger partial charge in [-0.05, 0) is 42.5 Å². The van der Waals surface area contributed by atoms with Crippen LogP contribution in [-0.4, -0.2) is 4.98 Å². The molecule has 3 nitrogen and oxygen atoms in total. The summed E-state index contributed by atoms with van der Waals surface area (Å²) in [7, 11) is 0. The van der Waals surface area contributed by atoms with E-state index in [4.69, 9.17) is 11.6 Å². The van der Waals surface area contributed by atoms with Crippen molar-refractivity contribution >= 4 is 49.8 Å². The van der Waals surface area contributed by atoms with Crippen LogP contribution in [0.2, 0.25) is 5.02 Å². The van der Waals surface area contributed by atoms with Crippen molar-refractivity contribution in [2.75, 3.05) is 5.32 Å². The van der Waals surface area contributed by atoms with E-state index in [9.17, 15) is 5.26 Å². The van der Waals surface area contributed by atoms with Gasteiger partial charge in [-0.1, -0.05) is 27.5 Å². The second-order valence-corrected chi connectivity index (χ2v) is 5.74. The normalized spacial score (nSPS) is 10.3. The van der Waals surface area contributed by atoms with E-state index < -0.39 is 0 Å². The van der Waals surface area contributed by atoms with E-state index in [1.54, 1.807) is 12.3 Å². The quantitative estimate of drug-likeness (QED) is 0.679. The van der Waals surface area contributed by atoms with Crippen LogP contribution >= 0.6 is 27.5 Å². The minimum Gasteiger partial charge on any atom is -0.353 e. The second kappa shape index (κ2) is 5.72. The average Bonchev–Trinajstić information content (AvgIpc) is 2.51. The van der Waals surface area contributed by atoms with Crippen molar-refractivity contribution in [1.82, 2.24) is 4.98 Å². The number of pyridine rings is 1. The Bertz CT molecular complexity index is 871. The van der Waals surface area contributed by atoms with E-state index in [0.29, 0.717) is 10.6 Å². The molecule has 0 aliphatic rings. The monoisotopic (exact) mass is 357 g/mol. The summed E-state index contributed by atoms with van der Waals surface area (Å²) in [6.45, 7) is 0. The lowest BCUT2D eigenvalue weighted by atomic mass is 10.1. The summed E-state index contributed by atoms with van der Waals surface area (Å²) in [6.07, 6.45) is 1.72. The van der Waals surface area contributed by atoms with Crippen molar-refractivity contribution in [3.05, 3.63) is 63.7 Å². The molecule has 3 rings (SSSR count). The first-order valence-electron chi connectivity index (χ1n) is 6.19. The Kier molecular flexibility index (Phi) is 3.78. The third-order valence-corrected chi connectivity index (χ3v) is 3.91. The smallest absolute Gasteiger partial charge is 0.101 e. The van der Waals surface area contributed by atoms with Crippen molar-refractivity contribution in [3.63, 3.8) is 0 Å². The number of halogens is 2. The Balaban J connectivity index is 2.13. The van der Waals surface area contributed by atoms with Gasteiger partial charge in [0.2, 0.25) is 0 Å². The van der Waals surface area contributed by atoms with E-state index in [1.165, 1.54) is 0 Å². The number of nitrogens with zero attached hydrogens (tertiary/aromatic N) is 2. The molecule has 0 bridgehead atoms. The molecule has 21 heavy (non-hydrogen) atoms. The highest BCUT2D eigenvalue weighted by atomic mass is 79.9. The topological polar surface area (TPSA) is 48.7 Å². The lowest BCUT2D eigenvalue weighted by Crippen LogP contribution is -1.96. The largest absolute Gasteiger partial charge is 0.353 e. The maximum Gasteiger partial charge on any atom is 0.101 e. The summed E-state index contributed by atoms with van der Waals surface area (Å²) < 4.78 is 0.898. The van der Waals surface area contributed by atoms with Gasteiger partial charge in [0.1, 0.15) is 6.07 Å². The fraction of sp³-hybridized carbons (Fsp3) is 0. The summed E-state index contributed by atoms with van der Waals surface area (Å²) >= 11 is 9.60. The van der Waals surface area contributed by atoms with Crippen molar-refractivity contribution in [1.29, 1.82) is 5.26 Å². The molecular weight excluding hydrogens is 350 g/mol. The van der Waals surface area contributed by atoms with Crippen LogP contribution in [0.1, 0.15) is 5.56 Å². The molecule has 5 heteroatoms. The summed E-state index contributed by atoms with van der Waals surface area (Å²) in [5.74, 6) is 0. The molecule has 1 N–H and O–H groups in total. The van der Waals surface area contributed by atoms with Gasteiger partial charge in [0.15, 0.2) is 0 Å². The summed E-state index contributed by atoms with van der Waals surface area (Å²) in [5, 5.41) is 14.0. The second-order valence-electron chi connectivity index (χ2n) is 4.42. The molecule has 0 spiro atoms. The maximum atomic E-state index is 9.20. The molecule has 0 fully saturated rings. The van der Waals surface area contributed by atoms with Gasteiger partial charge in [-0.15, -0.1) is 0 Å². The van der Waals surface area contributed by atoms with E-state index in [-0.39, 0.29) is 0 Å². The summed E-state index contributed by atoms with van der Waals surface area (Å²) in [4.78, 5) is 4.37. The molecule has 0 unspecified atom stereocenters.